The number of carbonyl (C=O) groups excluding carboxylic acids is 1. The highest BCUT2D eigenvalue weighted by Crippen LogP contribution is 2.32. The van der Waals surface area contributed by atoms with E-state index in [2.05, 4.69) is 50.9 Å². The molecule has 1 saturated heterocycles. The molecule has 6 rings (SSSR count). The first-order valence-corrected chi connectivity index (χ1v) is 16.0. The smallest absolute Gasteiger partial charge is 0.368 e. The molecule has 3 aromatic carbocycles. The summed E-state index contributed by atoms with van der Waals surface area (Å²) in [7, 11) is 0. The van der Waals surface area contributed by atoms with Gasteiger partial charge in [-0.3, -0.25) is 9.36 Å². The molecule has 1 aliphatic rings. The Morgan fingerprint density at radius 2 is 1.68 bits per heavy atom. The molecule has 0 unspecified atom stereocenters. The van der Waals surface area contributed by atoms with Crippen LogP contribution in [0, 0.1) is 6.92 Å². The number of amides is 1. The Morgan fingerprint density at radius 3 is 2.43 bits per heavy atom. The summed E-state index contributed by atoms with van der Waals surface area (Å²) in [5.41, 5.74) is 3.48. The summed E-state index contributed by atoms with van der Waals surface area (Å²) in [6.07, 6.45) is -3.76. The Kier molecular flexibility index (Phi) is 8.72. The maximum absolute atomic E-state index is 13.2. The van der Waals surface area contributed by atoms with Gasteiger partial charge in [-0.2, -0.15) is 13.2 Å². The summed E-state index contributed by atoms with van der Waals surface area (Å²) in [4.78, 5) is 21.4. The van der Waals surface area contributed by atoms with Crippen LogP contribution in [0.5, 0.6) is 0 Å². The SMILES string of the molecule is Cc1ccccc1-n1c(Cc2ccccc2)nnc1SCc1nc(C(=O)N2CCN(c3cccc(C(F)(F)F)c3)CC2)cs1. The molecule has 1 amide bonds. The van der Waals surface area contributed by atoms with Crippen LogP contribution in [0.3, 0.4) is 0 Å². The van der Waals surface area contributed by atoms with Gasteiger partial charge in [-0.15, -0.1) is 21.5 Å². The first-order chi connectivity index (χ1) is 21.3. The van der Waals surface area contributed by atoms with Crippen LogP contribution in [-0.2, 0) is 18.3 Å². The summed E-state index contributed by atoms with van der Waals surface area (Å²) < 4.78 is 41.6. The monoisotopic (exact) mass is 634 g/mol. The number of hydrogen-bond donors (Lipinski definition) is 0. The van der Waals surface area contributed by atoms with Gasteiger partial charge in [-0.05, 0) is 42.3 Å². The van der Waals surface area contributed by atoms with Crippen LogP contribution < -0.4 is 4.90 Å². The lowest BCUT2D eigenvalue weighted by atomic mass is 10.1. The van der Waals surface area contributed by atoms with Crippen molar-refractivity contribution in [2.45, 2.75) is 30.4 Å². The fraction of sp³-hybridized carbons (Fsp3) is 0.250. The number of nitrogens with zero attached hydrogens (tertiary/aromatic N) is 6. The van der Waals surface area contributed by atoms with Gasteiger partial charge in [0.25, 0.3) is 5.91 Å². The molecule has 2 aromatic heterocycles. The highest BCUT2D eigenvalue weighted by atomic mass is 32.2. The lowest BCUT2D eigenvalue weighted by molar-refractivity contribution is -0.137. The molecule has 0 saturated carbocycles. The number of aryl methyl sites for hydroxylation is 1. The normalized spacial score (nSPS) is 13.8. The van der Waals surface area contributed by atoms with E-state index in [1.54, 1.807) is 16.3 Å². The summed E-state index contributed by atoms with van der Waals surface area (Å²) in [6.45, 7) is 3.76. The van der Waals surface area contributed by atoms with Crippen molar-refractivity contribution in [1.29, 1.82) is 0 Å². The molecule has 3 heterocycles. The average molecular weight is 635 g/mol. The van der Waals surface area contributed by atoms with Gasteiger partial charge in [-0.25, -0.2) is 4.98 Å². The van der Waals surface area contributed by atoms with Gasteiger partial charge in [0, 0.05) is 43.7 Å². The van der Waals surface area contributed by atoms with Crippen molar-refractivity contribution in [3.8, 4) is 5.69 Å². The van der Waals surface area contributed by atoms with E-state index in [0.29, 0.717) is 49.7 Å². The van der Waals surface area contributed by atoms with Crippen molar-refractivity contribution in [2.24, 2.45) is 0 Å². The summed E-state index contributed by atoms with van der Waals surface area (Å²) >= 11 is 2.94. The Hall–Kier alpha value is -4.16. The molecule has 12 heteroatoms. The van der Waals surface area contributed by atoms with Crippen molar-refractivity contribution in [2.75, 3.05) is 31.1 Å². The zero-order valence-corrected chi connectivity index (χ0v) is 25.5. The van der Waals surface area contributed by atoms with E-state index < -0.39 is 11.7 Å². The molecular formula is C32H29F3N6OS2. The second-order valence-corrected chi connectivity index (χ2v) is 12.3. The predicted octanol–water partition coefficient (Wildman–Crippen LogP) is 6.90. The molecule has 1 aliphatic heterocycles. The van der Waals surface area contributed by atoms with E-state index in [4.69, 9.17) is 0 Å². The lowest BCUT2D eigenvalue weighted by Crippen LogP contribution is -2.49. The molecule has 0 aliphatic carbocycles. The molecule has 0 spiro atoms. The molecule has 226 valence electrons. The maximum Gasteiger partial charge on any atom is 0.416 e. The van der Waals surface area contributed by atoms with E-state index in [0.717, 1.165) is 44.9 Å². The quantitative estimate of drug-likeness (QED) is 0.173. The third-order valence-electron chi connectivity index (χ3n) is 7.46. The molecule has 0 N–H and O–H groups in total. The Labute approximate surface area is 261 Å². The van der Waals surface area contributed by atoms with Crippen LogP contribution in [0.2, 0.25) is 0 Å². The van der Waals surface area contributed by atoms with Gasteiger partial charge in [-0.1, -0.05) is 66.4 Å². The zero-order valence-electron chi connectivity index (χ0n) is 23.9. The van der Waals surface area contributed by atoms with E-state index >= 15 is 0 Å². The Bertz CT molecular complexity index is 1750. The minimum atomic E-state index is -4.39. The van der Waals surface area contributed by atoms with Gasteiger partial charge in [0.2, 0.25) is 0 Å². The number of aromatic nitrogens is 4. The van der Waals surface area contributed by atoms with Gasteiger partial charge in [0.1, 0.15) is 16.5 Å². The molecule has 7 nitrogen and oxygen atoms in total. The summed E-state index contributed by atoms with van der Waals surface area (Å²) in [5, 5.41) is 12.4. The number of anilines is 1. The Morgan fingerprint density at radius 1 is 0.932 bits per heavy atom. The van der Waals surface area contributed by atoms with Crippen molar-refractivity contribution in [3.63, 3.8) is 0 Å². The number of rotatable bonds is 8. The van der Waals surface area contributed by atoms with E-state index in [-0.39, 0.29) is 5.91 Å². The van der Waals surface area contributed by atoms with Gasteiger partial charge >= 0.3 is 6.18 Å². The lowest BCUT2D eigenvalue weighted by Gasteiger charge is -2.36. The van der Waals surface area contributed by atoms with Crippen molar-refractivity contribution >= 4 is 34.7 Å². The van der Waals surface area contributed by atoms with Gasteiger partial charge in [0.05, 0.1) is 17.0 Å². The standard InChI is InChI=1S/C32H29F3N6OS2/c1-22-8-5-6-13-27(22)41-28(18-23-9-3-2-4-10-23)37-38-31(41)44-21-29-36-26(20-43-29)30(42)40-16-14-39(15-17-40)25-12-7-11-24(19-25)32(33,34)35/h2-13,19-20H,14-18,21H2,1H3. The first kappa shape index (κ1) is 29.9. The fourth-order valence-corrected chi connectivity index (χ4v) is 6.90. The number of piperazine rings is 1. The molecule has 1 fully saturated rings. The minimum absolute atomic E-state index is 0.172. The second-order valence-electron chi connectivity index (χ2n) is 10.4. The van der Waals surface area contributed by atoms with Crippen LogP contribution in [0.4, 0.5) is 18.9 Å². The number of halogens is 3. The number of alkyl halides is 3. The molecule has 5 aromatic rings. The number of benzene rings is 3. The average Bonchev–Trinajstić information content (AvgIpc) is 3.67. The topological polar surface area (TPSA) is 67.2 Å². The first-order valence-electron chi connectivity index (χ1n) is 14.1. The van der Waals surface area contributed by atoms with Crippen molar-refractivity contribution in [3.05, 3.63) is 117 Å². The largest absolute Gasteiger partial charge is 0.416 e. The molecule has 44 heavy (non-hydrogen) atoms. The number of carbonyl (C=O) groups is 1. The van der Waals surface area contributed by atoms with Gasteiger partial charge in [0.15, 0.2) is 5.16 Å². The van der Waals surface area contributed by atoms with Crippen LogP contribution in [0.15, 0.2) is 89.4 Å². The number of thioether (sulfide) groups is 1. The second kappa shape index (κ2) is 12.8. The fourth-order valence-electron chi connectivity index (χ4n) is 5.15. The number of para-hydroxylation sites is 1. The van der Waals surface area contributed by atoms with Crippen molar-refractivity contribution in [1.82, 2.24) is 24.6 Å². The van der Waals surface area contributed by atoms with Crippen LogP contribution in [0.1, 0.15) is 38.0 Å². The van der Waals surface area contributed by atoms with Gasteiger partial charge < -0.3 is 9.80 Å². The van der Waals surface area contributed by atoms with E-state index in [1.807, 2.05) is 35.2 Å². The summed E-state index contributed by atoms with van der Waals surface area (Å²) in [5.74, 6) is 1.19. The zero-order chi connectivity index (χ0) is 30.7. The van der Waals surface area contributed by atoms with E-state index in [9.17, 15) is 18.0 Å². The molecule has 0 bridgehead atoms. The minimum Gasteiger partial charge on any atom is -0.368 e. The van der Waals surface area contributed by atoms with Crippen LogP contribution >= 0.6 is 23.1 Å². The number of hydrogen-bond acceptors (Lipinski definition) is 7. The third-order valence-corrected chi connectivity index (χ3v) is 9.43. The third kappa shape index (κ3) is 6.66. The predicted molar refractivity (Wildman–Crippen MR) is 167 cm³/mol. The highest BCUT2D eigenvalue weighted by molar-refractivity contribution is 7.98. The maximum atomic E-state index is 13.2. The van der Waals surface area contributed by atoms with Crippen molar-refractivity contribution < 1.29 is 18.0 Å². The van der Waals surface area contributed by atoms with Crippen LogP contribution in [-0.4, -0.2) is 56.7 Å². The highest BCUT2D eigenvalue weighted by Gasteiger charge is 2.31. The molecule has 0 radical (unpaired) electrons. The number of thiazole rings is 1. The summed E-state index contributed by atoms with van der Waals surface area (Å²) in [6, 6.07) is 23.6. The van der Waals surface area contributed by atoms with E-state index in [1.165, 1.54) is 29.2 Å². The molecule has 0 atom stereocenters. The van der Waals surface area contributed by atoms with Crippen LogP contribution in [0.25, 0.3) is 5.69 Å². The Balaban J connectivity index is 1.11. The molecular weight excluding hydrogens is 606 g/mol.